The first kappa shape index (κ1) is 9.09. The van der Waals surface area contributed by atoms with E-state index in [-0.39, 0.29) is 17.6 Å². The number of aliphatic hydroxyl groups excluding tert-OH is 1. The summed E-state index contributed by atoms with van der Waals surface area (Å²) >= 11 is 0. The van der Waals surface area contributed by atoms with Gasteiger partial charge in [0.1, 0.15) is 0 Å². The average Bonchev–Trinajstić information content (AvgIpc) is 1.37. The fourth-order valence-electron chi connectivity index (χ4n) is 0. The first-order chi connectivity index (χ1) is 1.91. The van der Waals surface area contributed by atoms with E-state index in [0.717, 1.165) is 6.42 Å². The van der Waals surface area contributed by atoms with Gasteiger partial charge in [0.15, 0.2) is 0 Å². The monoisotopic (exact) mass is 134 g/mol. The molecule has 0 aliphatic carbocycles. The Labute approximate surface area is 43.4 Å². The average molecular weight is 133 g/mol. The Morgan fingerprint density at radius 2 is 1.80 bits per heavy atom. The van der Waals surface area contributed by atoms with Crippen LogP contribution in [0.1, 0.15) is 13.3 Å². The van der Waals surface area contributed by atoms with Gasteiger partial charge in [0, 0.05) is 24.2 Å². The van der Waals surface area contributed by atoms with Gasteiger partial charge in [-0.05, 0) is 6.42 Å². The van der Waals surface area contributed by atoms with Crippen LogP contribution >= 0.6 is 0 Å². The Morgan fingerprint density at radius 3 is 1.80 bits per heavy atom. The number of hydrogen-bond acceptors (Lipinski definition) is 1. The zero-order valence-electron chi connectivity index (χ0n) is 3.36. The number of rotatable bonds is 1. The summed E-state index contributed by atoms with van der Waals surface area (Å²) in [4.78, 5) is 0. The van der Waals surface area contributed by atoms with Crippen molar-refractivity contribution in [2.45, 2.75) is 13.3 Å². The van der Waals surface area contributed by atoms with Crippen molar-refractivity contribution < 1.29 is 5.11 Å². The first-order valence-electron chi connectivity index (χ1n) is 1.52. The minimum atomic E-state index is 0. The topological polar surface area (TPSA) is 20.2 Å². The van der Waals surface area contributed by atoms with Crippen LogP contribution in [0, 0.1) is 0 Å². The molecule has 0 fully saturated rings. The van der Waals surface area contributed by atoms with E-state index in [2.05, 4.69) is 0 Å². The fourth-order valence-corrected chi connectivity index (χ4v) is 0. The van der Waals surface area contributed by atoms with E-state index in [9.17, 15) is 0 Å². The van der Waals surface area contributed by atoms with Gasteiger partial charge in [0.05, 0.1) is 0 Å². The Balaban J connectivity index is 0. The third-order valence-corrected chi connectivity index (χ3v) is 0.224. The Morgan fingerprint density at radius 1 is 1.60 bits per heavy atom. The van der Waals surface area contributed by atoms with Gasteiger partial charge in [-0.25, -0.2) is 0 Å². The molecule has 0 aromatic carbocycles. The summed E-state index contributed by atoms with van der Waals surface area (Å²) in [5, 5.41) is 7.88. The summed E-state index contributed by atoms with van der Waals surface area (Å²) in [5.41, 5.74) is 0. The molecule has 0 aromatic rings. The van der Waals surface area contributed by atoms with Gasteiger partial charge in [-0.2, -0.15) is 0 Å². The Kier molecular flexibility index (Phi) is 16.0. The van der Waals surface area contributed by atoms with Crippen molar-refractivity contribution in [3.8, 4) is 0 Å². The summed E-state index contributed by atoms with van der Waals surface area (Å²) in [6.07, 6.45) is 0.875. The van der Waals surface area contributed by atoms with Crippen LogP contribution in [0.2, 0.25) is 0 Å². The summed E-state index contributed by atoms with van der Waals surface area (Å²) in [7, 11) is 0. The normalized spacial score (nSPS) is 6.00. The molecule has 0 unspecified atom stereocenters. The van der Waals surface area contributed by atoms with Gasteiger partial charge in [-0.1, -0.05) is 6.92 Å². The van der Waals surface area contributed by atoms with Crippen LogP contribution in [-0.2, 0) is 0 Å². The zero-order valence-corrected chi connectivity index (χ0v) is 5.46. The van der Waals surface area contributed by atoms with Crippen LogP contribution in [-0.4, -0.2) is 29.3 Å². The molecule has 0 spiro atoms. The molecule has 1 N–H and O–H groups in total. The molecule has 0 saturated carbocycles. The minimum Gasteiger partial charge on any atom is -0.396 e. The van der Waals surface area contributed by atoms with E-state index in [1.807, 2.05) is 6.92 Å². The minimum absolute atomic E-state index is 0. The SMILES string of the molecule is CCCO.[Ge]. The second kappa shape index (κ2) is 8.82. The van der Waals surface area contributed by atoms with E-state index in [1.165, 1.54) is 0 Å². The molecule has 0 atom stereocenters. The molecule has 0 aliphatic rings. The predicted octanol–water partition coefficient (Wildman–Crippen LogP) is 0.00790. The van der Waals surface area contributed by atoms with Crippen LogP contribution < -0.4 is 0 Å². The maximum atomic E-state index is 7.88. The van der Waals surface area contributed by atoms with Gasteiger partial charge in [0.25, 0.3) is 0 Å². The zero-order chi connectivity index (χ0) is 3.41. The number of hydrogen-bond donors (Lipinski definition) is 1. The molecular weight excluding hydrogens is 125 g/mol. The molecule has 0 saturated heterocycles. The van der Waals surface area contributed by atoms with Crippen molar-refractivity contribution in [2.75, 3.05) is 6.61 Å². The molecule has 0 aliphatic heterocycles. The standard InChI is InChI=1S/C3H8O.Ge/c1-2-3-4;/h4H,2-3H2,1H3;. The van der Waals surface area contributed by atoms with Crippen molar-refractivity contribution in [1.29, 1.82) is 0 Å². The maximum absolute atomic E-state index is 7.88. The number of aliphatic hydroxyl groups is 1. The van der Waals surface area contributed by atoms with Crippen molar-refractivity contribution in [3.05, 3.63) is 0 Å². The van der Waals surface area contributed by atoms with Crippen LogP contribution in [0.4, 0.5) is 0 Å². The van der Waals surface area contributed by atoms with Crippen LogP contribution in [0.5, 0.6) is 0 Å². The predicted molar refractivity (Wildman–Crippen MR) is 23.1 cm³/mol. The molecule has 0 bridgehead atoms. The third kappa shape index (κ3) is 12.5. The van der Waals surface area contributed by atoms with E-state index in [1.54, 1.807) is 0 Å². The third-order valence-electron chi connectivity index (χ3n) is 0.224. The summed E-state index contributed by atoms with van der Waals surface area (Å²) < 4.78 is 0. The van der Waals surface area contributed by atoms with Crippen molar-refractivity contribution in [1.82, 2.24) is 0 Å². The molecule has 4 radical (unpaired) electrons. The molecule has 0 aromatic heterocycles. The largest absolute Gasteiger partial charge is 0.396 e. The molecule has 1 nitrogen and oxygen atoms in total. The smallest absolute Gasteiger partial charge is 0.0428 e. The first-order valence-corrected chi connectivity index (χ1v) is 1.52. The summed E-state index contributed by atoms with van der Waals surface area (Å²) in [6.45, 7) is 2.25. The van der Waals surface area contributed by atoms with Gasteiger partial charge < -0.3 is 5.11 Å². The van der Waals surface area contributed by atoms with E-state index in [4.69, 9.17) is 5.11 Å². The van der Waals surface area contributed by atoms with Gasteiger partial charge in [-0.3, -0.25) is 0 Å². The molecule has 0 amide bonds. The quantitative estimate of drug-likeness (QED) is 0.499. The van der Waals surface area contributed by atoms with Gasteiger partial charge >= 0.3 is 0 Å². The van der Waals surface area contributed by atoms with Crippen molar-refractivity contribution in [2.24, 2.45) is 0 Å². The second-order valence-corrected chi connectivity index (χ2v) is 0.724. The van der Waals surface area contributed by atoms with Crippen LogP contribution in [0.15, 0.2) is 0 Å². The fraction of sp³-hybridized carbons (Fsp3) is 1.00. The maximum Gasteiger partial charge on any atom is 0.0428 e. The van der Waals surface area contributed by atoms with Crippen LogP contribution in [0.3, 0.4) is 0 Å². The Hall–Kier alpha value is 0.503. The molecule has 0 rings (SSSR count). The van der Waals surface area contributed by atoms with Gasteiger partial charge in [0.2, 0.25) is 0 Å². The Bertz CT molecular complexity index is 8.85. The van der Waals surface area contributed by atoms with Crippen molar-refractivity contribution >= 4 is 17.6 Å². The second-order valence-electron chi connectivity index (χ2n) is 0.724. The van der Waals surface area contributed by atoms with Gasteiger partial charge in [-0.15, -0.1) is 0 Å². The van der Waals surface area contributed by atoms with Crippen molar-refractivity contribution in [3.63, 3.8) is 0 Å². The summed E-state index contributed by atoms with van der Waals surface area (Å²) in [6, 6.07) is 0. The van der Waals surface area contributed by atoms with E-state index < -0.39 is 0 Å². The molecular formula is C3H8GeO. The molecule has 5 heavy (non-hydrogen) atoms. The molecule has 2 heteroatoms. The van der Waals surface area contributed by atoms with Crippen LogP contribution in [0.25, 0.3) is 0 Å². The molecule has 30 valence electrons. The summed E-state index contributed by atoms with van der Waals surface area (Å²) in [5.74, 6) is 0. The molecule has 0 heterocycles. The van der Waals surface area contributed by atoms with E-state index in [0.29, 0.717) is 6.61 Å². The van der Waals surface area contributed by atoms with E-state index >= 15 is 0 Å².